The molecule has 2 bridgehead atoms. The highest BCUT2D eigenvalue weighted by Crippen LogP contribution is 2.66. The summed E-state index contributed by atoms with van der Waals surface area (Å²) in [5.41, 5.74) is 7.72. The van der Waals surface area contributed by atoms with Gasteiger partial charge in [-0.25, -0.2) is 10.3 Å². The molecule has 5 aliphatic carbocycles. The zero-order chi connectivity index (χ0) is 28.1. The molecule has 0 aromatic heterocycles. The molecule has 0 radical (unpaired) electrons. The normalized spacial score (nSPS) is 34.2. The summed E-state index contributed by atoms with van der Waals surface area (Å²) in [5, 5.41) is 4.63. The summed E-state index contributed by atoms with van der Waals surface area (Å²) in [6.45, 7) is 4.22. The Balaban J connectivity index is 1.25. The molecule has 9 rings (SSSR count). The summed E-state index contributed by atoms with van der Waals surface area (Å²) in [5.74, 6) is -1.44. The number of hydrazone groups is 1. The lowest BCUT2D eigenvalue weighted by atomic mass is 9.47. The van der Waals surface area contributed by atoms with Crippen molar-refractivity contribution in [3.05, 3.63) is 101 Å². The van der Waals surface area contributed by atoms with E-state index in [4.69, 9.17) is 0 Å². The predicted molar refractivity (Wildman–Crippen MR) is 156 cm³/mol. The second kappa shape index (κ2) is 8.48. The number of rotatable bonds is 4. The highest BCUT2D eigenvalue weighted by Gasteiger charge is 2.68. The number of fused-ring (bicyclic) bond motifs is 1. The Labute approximate surface area is 239 Å². The number of benzene rings is 3. The van der Waals surface area contributed by atoms with Crippen LogP contribution in [0.1, 0.15) is 66.3 Å². The molecule has 6 heteroatoms. The van der Waals surface area contributed by atoms with Crippen LogP contribution < -0.4 is 10.3 Å². The summed E-state index contributed by atoms with van der Waals surface area (Å²) in [7, 11) is 0. The van der Waals surface area contributed by atoms with Crippen molar-refractivity contribution in [1.29, 1.82) is 0 Å². The van der Waals surface area contributed by atoms with Crippen LogP contribution in [0.3, 0.4) is 0 Å². The minimum absolute atomic E-state index is 0.0132. The molecule has 5 atom stereocenters. The molecule has 206 valence electrons. The molecule has 3 aromatic rings. The zero-order valence-corrected chi connectivity index (χ0v) is 23.3. The number of nitrogens with one attached hydrogen (secondary N) is 1. The van der Waals surface area contributed by atoms with Gasteiger partial charge < -0.3 is 0 Å². The number of carbonyl (C=O) groups is 3. The van der Waals surface area contributed by atoms with E-state index in [9.17, 15) is 14.4 Å². The van der Waals surface area contributed by atoms with E-state index >= 15 is 0 Å². The molecule has 6 aliphatic rings. The minimum Gasteiger partial charge on any atom is -0.274 e. The topological polar surface area (TPSA) is 78.8 Å². The number of hydrogen-bond donors (Lipinski definition) is 1. The summed E-state index contributed by atoms with van der Waals surface area (Å²) >= 11 is 0. The van der Waals surface area contributed by atoms with Gasteiger partial charge in [-0.1, -0.05) is 86.0 Å². The van der Waals surface area contributed by atoms with Gasteiger partial charge in [0.25, 0.3) is 0 Å². The van der Waals surface area contributed by atoms with Gasteiger partial charge in [0.1, 0.15) is 0 Å². The Morgan fingerprint density at radius 1 is 0.927 bits per heavy atom. The monoisotopic (exact) mass is 543 g/mol. The molecule has 1 N–H and O–H groups in total. The Morgan fingerprint density at radius 3 is 2.22 bits per heavy atom. The van der Waals surface area contributed by atoms with Crippen molar-refractivity contribution in [3.8, 4) is 0 Å². The van der Waals surface area contributed by atoms with Gasteiger partial charge in [-0.2, -0.15) is 5.10 Å². The van der Waals surface area contributed by atoms with E-state index < -0.39 is 17.3 Å². The number of aryl methyl sites for hydroxylation is 1. The fourth-order valence-electron chi connectivity index (χ4n) is 9.12. The summed E-state index contributed by atoms with van der Waals surface area (Å²) in [6, 6.07) is 23.8. The van der Waals surface area contributed by atoms with Crippen LogP contribution in [-0.2, 0) is 19.8 Å². The Kier molecular flexibility index (Phi) is 5.11. The molecule has 0 spiro atoms. The predicted octanol–water partition coefficient (Wildman–Crippen LogP) is 5.47. The highest BCUT2D eigenvalue weighted by atomic mass is 16.2. The number of carbonyl (C=O) groups excluding carboxylic acids is 3. The van der Waals surface area contributed by atoms with E-state index in [1.807, 2.05) is 55.5 Å². The molecule has 1 heterocycles. The van der Waals surface area contributed by atoms with E-state index in [1.54, 1.807) is 6.21 Å². The Bertz CT molecular complexity index is 1610. The number of imide groups is 1. The van der Waals surface area contributed by atoms with E-state index in [1.165, 1.54) is 17.7 Å². The molecular weight excluding hydrogens is 510 g/mol. The van der Waals surface area contributed by atoms with E-state index in [-0.39, 0.29) is 35.0 Å². The Morgan fingerprint density at radius 2 is 1.59 bits per heavy atom. The van der Waals surface area contributed by atoms with Gasteiger partial charge in [-0.3, -0.25) is 14.4 Å². The maximum absolute atomic E-state index is 14.4. The van der Waals surface area contributed by atoms with Crippen LogP contribution in [0.2, 0.25) is 0 Å². The van der Waals surface area contributed by atoms with E-state index in [0.717, 1.165) is 40.7 Å². The van der Waals surface area contributed by atoms with Crippen LogP contribution in [0.25, 0.3) is 0 Å². The number of amides is 3. The summed E-state index contributed by atoms with van der Waals surface area (Å²) in [4.78, 5) is 43.4. The van der Waals surface area contributed by atoms with Crippen molar-refractivity contribution >= 4 is 29.6 Å². The fourth-order valence-corrected chi connectivity index (χ4v) is 9.12. The molecule has 6 nitrogen and oxygen atoms in total. The van der Waals surface area contributed by atoms with Gasteiger partial charge in [0.2, 0.25) is 17.7 Å². The van der Waals surface area contributed by atoms with Gasteiger partial charge in [0.05, 0.1) is 22.9 Å². The van der Waals surface area contributed by atoms with Gasteiger partial charge in [0, 0.05) is 18.1 Å². The van der Waals surface area contributed by atoms with Crippen molar-refractivity contribution in [1.82, 2.24) is 5.43 Å². The standard InChI is InChI=1S/C35H33N3O3/c1-20-14-16-21(17-15-20)38-32(40)28-27-22-9-3-5-11-24(22)35(30(28)33(38)41,25-12-6-4-10-23(25)27)19-36-37-31(39)29-26-13-7-8-18-34(26,29)2/h3-6,9-12,14-17,19,26-30H,7-8,13,18H2,1-2H3,(H,37,39)/b36-19-/t26-,27?,28+,29-,30-,34+,35?/m0/s1. The van der Waals surface area contributed by atoms with Crippen molar-refractivity contribution < 1.29 is 14.4 Å². The van der Waals surface area contributed by atoms with E-state index in [0.29, 0.717) is 11.6 Å². The molecular formula is C35H33N3O3. The largest absolute Gasteiger partial charge is 0.274 e. The lowest BCUT2D eigenvalue weighted by molar-refractivity contribution is -0.124. The molecule has 2 saturated carbocycles. The molecule has 1 saturated heterocycles. The third-order valence-electron chi connectivity index (χ3n) is 11.0. The molecule has 1 aliphatic heterocycles. The van der Waals surface area contributed by atoms with Gasteiger partial charge in [0.15, 0.2) is 0 Å². The van der Waals surface area contributed by atoms with Crippen LogP contribution in [0, 0.1) is 36.0 Å². The first kappa shape index (κ1) is 24.7. The lowest BCUT2D eigenvalue weighted by Gasteiger charge is -2.52. The average Bonchev–Trinajstić information content (AvgIpc) is 3.54. The molecule has 3 fully saturated rings. The third-order valence-corrected chi connectivity index (χ3v) is 11.0. The first-order valence-electron chi connectivity index (χ1n) is 14.9. The highest BCUT2D eigenvalue weighted by molar-refractivity contribution is 6.25. The molecule has 0 unspecified atom stereocenters. The van der Waals surface area contributed by atoms with Crippen LogP contribution in [0.15, 0.2) is 77.9 Å². The molecule has 41 heavy (non-hydrogen) atoms. The number of anilines is 1. The van der Waals surface area contributed by atoms with Gasteiger partial charge in [-0.15, -0.1) is 0 Å². The van der Waals surface area contributed by atoms with Crippen LogP contribution in [-0.4, -0.2) is 23.9 Å². The van der Waals surface area contributed by atoms with Crippen molar-refractivity contribution in [2.24, 2.45) is 34.2 Å². The van der Waals surface area contributed by atoms with Crippen LogP contribution in [0.5, 0.6) is 0 Å². The maximum atomic E-state index is 14.4. The zero-order valence-electron chi connectivity index (χ0n) is 23.3. The van der Waals surface area contributed by atoms with Crippen molar-refractivity contribution in [3.63, 3.8) is 0 Å². The first-order valence-corrected chi connectivity index (χ1v) is 14.9. The quantitative estimate of drug-likeness (QED) is 0.269. The first-order chi connectivity index (χ1) is 19.9. The van der Waals surface area contributed by atoms with Crippen molar-refractivity contribution in [2.75, 3.05) is 4.90 Å². The molecule has 3 amide bonds. The number of nitrogens with zero attached hydrogens (tertiary/aromatic N) is 2. The third kappa shape index (κ3) is 3.13. The smallest absolute Gasteiger partial charge is 0.244 e. The molecule has 3 aromatic carbocycles. The number of hydrogen-bond acceptors (Lipinski definition) is 4. The van der Waals surface area contributed by atoms with Crippen molar-refractivity contribution in [2.45, 2.75) is 50.9 Å². The second-order valence-corrected chi connectivity index (χ2v) is 12.9. The average molecular weight is 544 g/mol. The van der Waals surface area contributed by atoms with E-state index in [2.05, 4.69) is 41.7 Å². The van der Waals surface area contributed by atoms with Crippen LogP contribution >= 0.6 is 0 Å². The van der Waals surface area contributed by atoms with Gasteiger partial charge >= 0.3 is 0 Å². The fraction of sp³-hybridized carbons (Fsp3) is 0.371. The second-order valence-electron chi connectivity index (χ2n) is 12.9. The SMILES string of the molecule is Cc1ccc(N2C(=O)[C@@H]3C4c5ccccc5C(/C=N\NC(=O)[C@@H]5[C@@H]6CCCC[C@@]56C)(c5ccccc54)[C@@H]3C2=O)cc1. The Hall–Kier alpha value is -4.06. The van der Waals surface area contributed by atoms with Crippen LogP contribution in [0.4, 0.5) is 5.69 Å². The summed E-state index contributed by atoms with van der Waals surface area (Å²) in [6.07, 6.45) is 6.31. The minimum atomic E-state index is -0.980. The summed E-state index contributed by atoms with van der Waals surface area (Å²) < 4.78 is 0. The lowest BCUT2D eigenvalue weighted by Crippen LogP contribution is -2.54. The maximum Gasteiger partial charge on any atom is 0.244 e. The van der Waals surface area contributed by atoms with Gasteiger partial charge in [-0.05, 0) is 65.5 Å².